The summed E-state index contributed by atoms with van der Waals surface area (Å²) in [4.78, 5) is 21.6. The quantitative estimate of drug-likeness (QED) is 0.377. The Balaban J connectivity index is 1.39. The van der Waals surface area contributed by atoms with Gasteiger partial charge in [-0.05, 0) is 85.5 Å². The summed E-state index contributed by atoms with van der Waals surface area (Å²) >= 11 is 0. The Morgan fingerprint density at radius 3 is 2.62 bits per heavy atom. The number of fused-ring (bicyclic) bond motifs is 1. The van der Waals surface area contributed by atoms with Crippen LogP contribution in [0.1, 0.15) is 67.2 Å². The zero-order valence-corrected chi connectivity index (χ0v) is 23.1. The minimum Gasteiger partial charge on any atom is -0.494 e. The maximum atomic E-state index is 13.6. The molecule has 2 aromatic carbocycles. The van der Waals surface area contributed by atoms with Gasteiger partial charge in [0.2, 0.25) is 0 Å². The predicted octanol–water partition coefficient (Wildman–Crippen LogP) is 4.56. The molecule has 0 bridgehead atoms. The van der Waals surface area contributed by atoms with Crippen molar-refractivity contribution in [2.75, 3.05) is 37.7 Å². The predicted molar refractivity (Wildman–Crippen MR) is 153 cm³/mol. The minimum absolute atomic E-state index is 0.102. The highest BCUT2D eigenvalue weighted by atomic mass is 16.5. The number of rotatable bonds is 7. The lowest BCUT2D eigenvalue weighted by atomic mass is 10.0. The molecule has 2 aliphatic rings. The molecule has 1 atom stereocenters. The normalized spacial score (nSPS) is 17.7. The van der Waals surface area contributed by atoms with E-state index in [-0.39, 0.29) is 17.6 Å². The first-order chi connectivity index (χ1) is 19.0. The van der Waals surface area contributed by atoms with Crippen LogP contribution in [0.5, 0.6) is 5.75 Å². The summed E-state index contributed by atoms with van der Waals surface area (Å²) < 4.78 is 7.74. The lowest BCUT2D eigenvalue weighted by Gasteiger charge is -2.40. The van der Waals surface area contributed by atoms with Crippen LogP contribution in [0.25, 0.3) is 10.9 Å². The Morgan fingerprint density at radius 2 is 1.85 bits per heavy atom. The first-order valence-corrected chi connectivity index (χ1v) is 14.2. The van der Waals surface area contributed by atoms with E-state index in [1.54, 1.807) is 0 Å². The van der Waals surface area contributed by atoms with Crippen LogP contribution >= 0.6 is 0 Å². The molecule has 0 amide bonds. The number of anilines is 1. The summed E-state index contributed by atoms with van der Waals surface area (Å²) in [5.74, 6) is 1.55. The third-order valence-corrected chi connectivity index (χ3v) is 8.48. The molecule has 1 saturated carbocycles. The van der Waals surface area contributed by atoms with Crippen molar-refractivity contribution in [3.05, 3.63) is 75.3 Å². The maximum absolute atomic E-state index is 13.6. The van der Waals surface area contributed by atoms with Crippen LogP contribution in [-0.2, 0) is 0 Å². The fraction of sp³-hybridized carbons (Fsp3) is 0.467. The molecule has 9 heteroatoms. The van der Waals surface area contributed by atoms with Crippen molar-refractivity contribution >= 4 is 16.6 Å². The van der Waals surface area contributed by atoms with Gasteiger partial charge in [-0.1, -0.05) is 25.0 Å². The number of piperazine rings is 1. The van der Waals surface area contributed by atoms with Gasteiger partial charge in [0.05, 0.1) is 12.6 Å². The summed E-state index contributed by atoms with van der Waals surface area (Å²) in [7, 11) is 0. The molecule has 6 rings (SSSR count). The lowest BCUT2D eigenvalue weighted by molar-refractivity contribution is 0.196. The fourth-order valence-electron chi connectivity index (χ4n) is 6.25. The highest BCUT2D eigenvalue weighted by Gasteiger charge is 2.35. The van der Waals surface area contributed by atoms with Crippen LogP contribution in [0.2, 0.25) is 0 Å². The lowest BCUT2D eigenvalue weighted by Crippen LogP contribution is -2.49. The highest BCUT2D eigenvalue weighted by molar-refractivity contribution is 5.80. The molecule has 1 aliphatic carbocycles. The number of nitrogens with one attached hydrogen (secondary N) is 1. The first kappa shape index (κ1) is 25.6. The van der Waals surface area contributed by atoms with Crippen LogP contribution in [0.4, 0.5) is 5.69 Å². The highest BCUT2D eigenvalue weighted by Crippen LogP contribution is 2.35. The van der Waals surface area contributed by atoms with Crippen molar-refractivity contribution in [3.63, 3.8) is 0 Å². The van der Waals surface area contributed by atoms with Crippen LogP contribution < -0.4 is 15.2 Å². The Labute approximate surface area is 228 Å². The summed E-state index contributed by atoms with van der Waals surface area (Å²) in [6.45, 7) is 10.2. The van der Waals surface area contributed by atoms with E-state index >= 15 is 0 Å². The van der Waals surface area contributed by atoms with Crippen molar-refractivity contribution in [1.29, 1.82) is 0 Å². The van der Waals surface area contributed by atoms with E-state index < -0.39 is 0 Å². The molecular weight excluding hydrogens is 490 g/mol. The van der Waals surface area contributed by atoms with Crippen LogP contribution in [0, 0.1) is 13.8 Å². The maximum Gasteiger partial charge on any atom is 0.253 e. The zero-order valence-electron chi connectivity index (χ0n) is 23.1. The minimum atomic E-state index is -0.342. The standard InChI is InChI=1S/C30H37N7O2/c1-4-39-24-12-13-26-22(18-24)19-25(30(38)31-26)28(29-32-33-34-37(29)23-9-5-6-10-23)36-16-14-35(15-17-36)27-11-7-8-20(2)21(27)3/h7-8,11-13,18-19,23,28H,4-6,9-10,14-17H2,1-3H3,(H,31,38)/t28-/m0/s1. The molecule has 0 unspecified atom stereocenters. The molecular formula is C30H37N7O2. The van der Waals surface area contributed by atoms with Gasteiger partial charge in [0, 0.05) is 48.3 Å². The van der Waals surface area contributed by atoms with Crippen molar-refractivity contribution in [2.24, 2.45) is 0 Å². The molecule has 0 radical (unpaired) electrons. The number of H-pyrrole nitrogens is 1. The second kappa shape index (κ2) is 10.8. The van der Waals surface area contributed by atoms with Gasteiger partial charge in [-0.15, -0.1) is 5.10 Å². The van der Waals surface area contributed by atoms with Crippen molar-refractivity contribution < 1.29 is 4.74 Å². The van der Waals surface area contributed by atoms with Crippen LogP contribution in [0.15, 0.2) is 47.3 Å². The summed E-state index contributed by atoms with van der Waals surface area (Å²) in [5, 5.41) is 14.0. The average molecular weight is 528 g/mol. The third-order valence-electron chi connectivity index (χ3n) is 8.48. The molecule has 3 heterocycles. The van der Waals surface area contributed by atoms with Gasteiger partial charge < -0.3 is 14.6 Å². The number of hydrogen-bond donors (Lipinski definition) is 1. The molecule has 204 valence electrons. The number of hydrogen-bond acceptors (Lipinski definition) is 7. The number of nitrogens with zero attached hydrogens (tertiary/aromatic N) is 6. The second-order valence-electron chi connectivity index (χ2n) is 10.8. The molecule has 1 saturated heterocycles. The van der Waals surface area contributed by atoms with E-state index in [0.717, 1.165) is 61.5 Å². The average Bonchev–Trinajstić information content (AvgIpc) is 3.64. The molecule has 1 aliphatic heterocycles. The number of aryl methyl sites for hydroxylation is 1. The van der Waals surface area contributed by atoms with Gasteiger partial charge in [-0.2, -0.15) is 0 Å². The van der Waals surface area contributed by atoms with Crippen molar-refractivity contribution in [3.8, 4) is 5.75 Å². The fourth-order valence-corrected chi connectivity index (χ4v) is 6.25. The van der Waals surface area contributed by atoms with E-state index in [0.29, 0.717) is 12.2 Å². The van der Waals surface area contributed by atoms with E-state index in [2.05, 4.69) is 62.4 Å². The molecule has 0 spiro atoms. The monoisotopic (exact) mass is 527 g/mol. The summed E-state index contributed by atoms with van der Waals surface area (Å²) in [5.41, 5.74) is 5.27. The summed E-state index contributed by atoms with van der Waals surface area (Å²) in [6.07, 6.45) is 4.49. The number of aromatic amines is 1. The van der Waals surface area contributed by atoms with E-state index in [9.17, 15) is 4.79 Å². The molecule has 1 N–H and O–H groups in total. The van der Waals surface area contributed by atoms with Gasteiger partial charge >= 0.3 is 0 Å². The van der Waals surface area contributed by atoms with E-state index in [4.69, 9.17) is 4.74 Å². The van der Waals surface area contributed by atoms with E-state index in [1.165, 1.54) is 29.7 Å². The Hall–Kier alpha value is -3.72. The summed E-state index contributed by atoms with van der Waals surface area (Å²) in [6, 6.07) is 14.2. The number of tetrazole rings is 1. The van der Waals surface area contributed by atoms with E-state index in [1.807, 2.05) is 35.9 Å². The Morgan fingerprint density at radius 1 is 1.05 bits per heavy atom. The third kappa shape index (κ3) is 4.91. The van der Waals surface area contributed by atoms with Gasteiger partial charge in [-0.3, -0.25) is 9.69 Å². The topological polar surface area (TPSA) is 92.2 Å². The van der Waals surface area contributed by atoms with Gasteiger partial charge in [0.25, 0.3) is 5.56 Å². The SMILES string of the molecule is CCOc1ccc2[nH]c(=O)c([C@@H](c3nnnn3C3CCCC3)N3CCN(c4cccc(C)c4C)CC3)cc2c1. The molecule has 2 fully saturated rings. The Kier molecular flexibility index (Phi) is 7.08. The van der Waals surface area contributed by atoms with Crippen molar-refractivity contribution in [1.82, 2.24) is 30.1 Å². The second-order valence-corrected chi connectivity index (χ2v) is 10.8. The first-order valence-electron chi connectivity index (χ1n) is 14.2. The molecule has 4 aromatic rings. The smallest absolute Gasteiger partial charge is 0.253 e. The van der Waals surface area contributed by atoms with Gasteiger partial charge in [-0.25, -0.2) is 4.68 Å². The van der Waals surface area contributed by atoms with Crippen LogP contribution in [-0.4, -0.2) is 62.9 Å². The molecule has 9 nitrogen and oxygen atoms in total. The molecule has 2 aromatic heterocycles. The van der Waals surface area contributed by atoms with Gasteiger partial charge in [0.15, 0.2) is 5.82 Å². The molecule has 39 heavy (non-hydrogen) atoms. The number of benzene rings is 2. The van der Waals surface area contributed by atoms with Crippen LogP contribution in [0.3, 0.4) is 0 Å². The zero-order chi connectivity index (χ0) is 26.9. The number of aromatic nitrogens is 5. The van der Waals surface area contributed by atoms with Crippen molar-refractivity contribution in [2.45, 2.75) is 58.5 Å². The Bertz CT molecular complexity index is 1510. The van der Waals surface area contributed by atoms with Gasteiger partial charge in [0.1, 0.15) is 11.8 Å². The largest absolute Gasteiger partial charge is 0.494 e. The number of pyridine rings is 1. The number of ether oxygens (including phenoxy) is 1.